The van der Waals surface area contributed by atoms with E-state index in [0.29, 0.717) is 31.8 Å². The number of amides is 1. The molecule has 0 heterocycles. The van der Waals surface area contributed by atoms with Gasteiger partial charge in [-0.25, -0.2) is 0 Å². The maximum atomic E-state index is 12.3. The Balaban J connectivity index is 2.42. The van der Waals surface area contributed by atoms with Gasteiger partial charge in [-0.15, -0.1) is 0 Å². The first-order chi connectivity index (χ1) is 9.67. The molecule has 0 aromatic heterocycles. The molecule has 0 spiro atoms. The van der Waals surface area contributed by atoms with Gasteiger partial charge in [0, 0.05) is 26.1 Å². The van der Waals surface area contributed by atoms with Gasteiger partial charge < -0.3 is 14.7 Å². The number of carbonyl (C=O) groups is 2. The van der Waals surface area contributed by atoms with Gasteiger partial charge >= 0.3 is 5.97 Å². The summed E-state index contributed by atoms with van der Waals surface area (Å²) in [5, 5.41) is 8.91. The van der Waals surface area contributed by atoms with Crippen molar-refractivity contribution in [1.82, 2.24) is 4.90 Å². The van der Waals surface area contributed by atoms with E-state index in [-0.39, 0.29) is 24.9 Å². The molecule has 0 atom stereocenters. The number of esters is 1. The number of carbonyl (C=O) groups excluding carboxylic acids is 2. The summed E-state index contributed by atoms with van der Waals surface area (Å²) in [6, 6.07) is 0. The SMILES string of the molecule is COC(=O)CCN(CCCO)C(=O)CC1CCCCC1. The maximum absolute atomic E-state index is 12.3. The van der Waals surface area contributed by atoms with Crippen molar-refractivity contribution in [3.05, 3.63) is 0 Å². The number of hydrogen-bond donors (Lipinski definition) is 1. The van der Waals surface area contributed by atoms with Crippen LogP contribution in [0.2, 0.25) is 0 Å². The van der Waals surface area contributed by atoms with Gasteiger partial charge in [-0.05, 0) is 25.2 Å². The lowest BCUT2D eigenvalue weighted by molar-refractivity contribution is -0.142. The molecule has 0 aromatic carbocycles. The Morgan fingerprint density at radius 2 is 1.90 bits per heavy atom. The van der Waals surface area contributed by atoms with Crippen LogP contribution in [0.5, 0.6) is 0 Å². The highest BCUT2D eigenvalue weighted by Gasteiger charge is 2.21. The maximum Gasteiger partial charge on any atom is 0.307 e. The number of methoxy groups -OCH3 is 1. The Labute approximate surface area is 121 Å². The van der Waals surface area contributed by atoms with E-state index in [4.69, 9.17) is 5.11 Å². The molecule has 20 heavy (non-hydrogen) atoms. The van der Waals surface area contributed by atoms with Crippen LogP contribution in [0.1, 0.15) is 51.4 Å². The third-order valence-corrected chi connectivity index (χ3v) is 3.94. The minimum Gasteiger partial charge on any atom is -0.469 e. The third kappa shape index (κ3) is 6.37. The highest BCUT2D eigenvalue weighted by molar-refractivity contribution is 5.77. The van der Waals surface area contributed by atoms with E-state index in [2.05, 4.69) is 4.74 Å². The normalized spacial score (nSPS) is 15.9. The summed E-state index contributed by atoms with van der Waals surface area (Å²) in [6.07, 6.45) is 7.34. The Bertz CT molecular complexity index is 300. The molecule has 0 unspecified atom stereocenters. The molecule has 0 bridgehead atoms. The molecule has 1 amide bonds. The predicted octanol–water partition coefficient (Wildman–Crippen LogP) is 1.73. The number of hydrogen-bond acceptors (Lipinski definition) is 4. The quantitative estimate of drug-likeness (QED) is 0.690. The largest absolute Gasteiger partial charge is 0.469 e. The van der Waals surface area contributed by atoms with Crippen molar-refractivity contribution in [2.24, 2.45) is 5.92 Å². The van der Waals surface area contributed by atoms with Gasteiger partial charge in [-0.1, -0.05) is 19.3 Å². The summed E-state index contributed by atoms with van der Waals surface area (Å²) in [5.41, 5.74) is 0. The molecule has 0 aromatic rings. The molecule has 1 rings (SSSR count). The van der Waals surface area contributed by atoms with E-state index in [1.165, 1.54) is 26.4 Å². The minimum atomic E-state index is -0.301. The Morgan fingerprint density at radius 1 is 1.20 bits per heavy atom. The summed E-state index contributed by atoms with van der Waals surface area (Å²) in [4.78, 5) is 25.2. The fourth-order valence-corrected chi connectivity index (χ4v) is 2.72. The van der Waals surface area contributed by atoms with Gasteiger partial charge in [0.05, 0.1) is 13.5 Å². The fourth-order valence-electron chi connectivity index (χ4n) is 2.72. The van der Waals surface area contributed by atoms with E-state index in [1.54, 1.807) is 4.90 Å². The van der Waals surface area contributed by atoms with E-state index in [9.17, 15) is 9.59 Å². The summed E-state index contributed by atoms with van der Waals surface area (Å²) < 4.78 is 4.61. The Kier molecular flexibility index (Phi) is 8.26. The predicted molar refractivity (Wildman–Crippen MR) is 76.1 cm³/mol. The molecule has 0 saturated heterocycles. The van der Waals surface area contributed by atoms with Crippen molar-refractivity contribution >= 4 is 11.9 Å². The number of ether oxygens (including phenoxy) is 1. The first kappa shape index (κ1) is 17.0. The lowest BCUT2D eigenvalue weighted by Gasteiger charge is -2.26. The minimum absolute atomic E-state index is 0.0609. The smallest absolute Gasteiger partial charge is 0.307 e. The van der Waals surface area contributed by atoms with Crippen LogP contribution >= 0.6 is 0 Å². The van der Waals surface area contributed by atoms with E-state index in [0.717, 1.165) is 12.8 Å². The highest BCUT2D eigenvalue weighted by atomic mass is 16.5. The van der Waals surface area contributed by atoms with Crippen LogP contribution in [0.4, 0.5) is 0 Å². The first-order valence-electron chi connectivity index (χ1n) is 7.62. The second-order valence-corrected chi connectivity index (χ2v) is 5.49. The molecule has 116 valence electrons. The zero-order chi connectivity index (χ0) is 14.8. The summed E-state index contributed by atoms with van der Waals surface area (Å²) in [5.74, 6) is 0.296. The van der Waals surface area contributed by atoms with Gasteiger partial charge in [0.15, 0.2) is 0 Å². The van der Waals surface area contributed by atoms with Crippen LogP contribution in [0, 0.1) is 5.92 Å². The first-order valence-corrected chi connectivity index (χ1v) is 7.62. The van der Waals surface area contributed by atoms with Crippen molar-refractivity contribution < 1.29 is 19.4 Å². The molecular weight excluding hydrogens is 258 g/mol. The molecular formula is C15H27NO4. The van der Waals surface area contributed by atoms with Gasteiger partial charge in [-0.3, -0.25) is 9.59 Å². The van der Waals surface area contributed by atoms with Gasteiger partial charge in [0.1, 0.15) is 0 Å². The van der Waals surface area contributed by atoms with Crippen LogP contribution < -0.4 is 0 Å². The van der Waals surface area contributed by atoms with Crippen molar-refractivity contribution in [3.8, 4) is 0 Å². The van der Waals surface area contributed by atoms with E-state index in [1.807, 2.05) is 0 Å². The molecule has 5 nitrogen and oxygen atoms in total. The Morgan fingerprint density at radius 3 is 2.50 bits per heavy atom. The standard InChI is InChI=1S/C15H27NO4/c1-20-15(19)8-10-16(9-5-11-17)14(18)12-13-6-3-2-4-7-13/h13,17H,2-12H2,1H3. The number of nitrogens with zero attached hydrogens (tertiary/aromatic N) is 1. The zero-order valence-corrected chi connectivity index (χ0v) is 12.5. The third-order valence-electron chi connectivity index (χ3n) is 3.94. The zero-order valence-electron chi connectivity index (χ0n) is 12.5. The Hall–Kier alpha value is -1.10. The topological polar surface area (TPSA) is 66.8 Å². The molecule has 1 fully saturated rings. The summed E-state index contributed by atoms with van der Waals surface area (Å²) >= 11 is 0. The number of aliphatic hydroxyl groups is 1. The molecule has 1 aliphatic rings. The van der Waals surface area contributed by atoms with Gasteiger partial charge in [0.2, 0.25) is 5.91 Å². The molecule has 0 aliphatic heterocycles. The summed E-state index contributed by atoms with van der Waals surface area (Å²) in [7, 11) is 1.35. The van der Waals surface area contributed by atoms with E-state index >= 15 is 0 Å². The van der Waals surface area contributed by atoms with Crippen molar-refractivity contribution in [2.75, 3.05) is 26.8 Å². The van der Waals surface area contributed by atoms with Gasteiger partial charge in [0.25, 0.3) is 0 Å². The van der Waals surface area contributed by atoms with Crippen molar-refractivity contribution in [3.63, 3.8) is 0 Å². The monoisotopic (exact) mass is 285 g/mol. The van der Waals surface area contributed by atoms with Crippen molar-refractivity contribution in [2.45, 2.75) is 51.4 Å². The average molecular weight is 285 g/mol. The molecule has 0 radical (unpaired) electrons. The second-order valence-electron chi connectivity index (χ2n) is 5.49. The average Bonchev–Trinajstić information content (AvgIpc) is 2.47. The van der Waals surface area contributed by atoms with Crippen LogP contribution in [0.15, 0.2) is 0 Å². The van der Waals surface area contributed by atoms with Gasteiger partial charge in [-0.2, -0.15) is 0 Å². The highest BCUT2D eigenvalue weighted by Crippen LogP contribution is 2.26. The lowest BCUT2D eigenvalue weighted by Crippen LogP contribution is -2.35. The van der Waals surface area contributed by atoms with Crippen molar-refractivity contribution in [1.29, 1.82) is 0 Å². The molecule has 1 aliphatic carbocycles. The van der Waals surface area contributed by atoms with Crippen LogP contribution in [-0.4, -0.2) is 48.7 Å². The number of aliphatic hydroxyl groups excluding tert-OH is 1. The van der Waals surface area contributed by atoms with E-state index < -0.39 is 0 Å². The van der Waals surface area contributed by atoms with Crippen LogP contribution in [-0.2, 0) is 14.3 Å². The summed E-state index contributed by atoms with van der Waals surface area (Å²) in [6.45, 7) is 0.961. The molecule has 5 heteroatoms. The van der Waals surface area contributed by atoms with Crippen LogP contribution in [0.25, 0.3) is 0 Å². The fraction of sp³-hybridized carbons (Fsp3) is 0.867. The van der Waals surface area contributed by atoms with Crippen LogP contribution in [0.3, 0.4) is 0 Å². The second kappa shape index (κ2) is 9.75. The number of rotatable bonds is 8. The molecule has 1 N–H and O–H groups in total. The lowest BCUT2D eigenvalue weighted by atomic mass is 9.86. The molecule has 1 saturated carbocycles.